The van der Waals surface area contributed by atoms with Gasteiger partial charge in [-0.05, 0) is 31.2 Å². The highest BCUT2D eigenvalue weighted by atomic mass is 19.1. The Kier molecular flexibility index (Phi) is 3.85. The third kappa shape index (κ3) is 2.94. The number of hydrogen-bond acceptors (Lipinski definition) is 3. The van der Waals surface area contributed by atoms with Crippen LogP contribution >= 0.6 is 0 Å². The number of aromatic nitrogens is 2. The van der Waals surface area contributed by atoms with Gasteiger partial charge in [-0.25, -0.2) is 19.2 Å². The summed E-state index contributed by atoms with van der Waals surface area (Å²) in [5.74, 6) is -1.06. The molecular formula is C18H13FN2O2. The first-order chi connectivity index (χ1) is 11.1. The molecule has 1 aromatic heterocycles. The lowest BCUT2D eigenvalue weighted by molar-refractivity contribution is 0.0696. The molecule has 0 aliphatic carbocycles. The third-order valence-corrected chi connectivity index (χ3v) is 3.45. The highest BCUT2D eigenvalue weighted by Crippen LogP contribution is 2.27. The summed E-state index contributed by atoms with van der Waals surface area (Å²) >= 11 is 0. The monoisotopic (exact) mass is 308 g/mol. The van der Waals surface area contributed by atoms with E-state index in [-0.39, 0.29) is 17.1 Å². The van der Waals surface area contributed by atoms with Gasteiger partial charge in [0.25, 0.3) is 0 Å². The summed E-state index contributed by atoms with van der Waals surface area (Å²) in [6, 6.07) is 14.9. The van der Waals surface area contributed by atoms with Crippen LogP contribution in [0.1, 0.15) is 16.1 Å². The molecule has 1 N–H and O–H groups in total. The van der Waals surface area contributed by atoms with Gasteiger partial charge in [-0.2, -0.15) is 0 Å². The van der Waals surface area contributed by atoms with E-state index in [4.69, 9.17) is 0 Å². The Balaban J connectivity index is 2.25. The van der Waals surface area contributed by atoms with Gasteiger partial charge >= 0.3 is 5.97 Å². The van der Waals surface area contributed by atoms with Gasteiger partial charge in [0, 0.05) is 11.1 Å². The molecule has 0 aliphatic rings. The van der Waals surface area contributed by atoms with Crippen molar-refractivity contribution < 1.29 is 14.3 Å². The van der Waals surface area contributed by atoms with E-state index in [1.54, 1.807) is 6.92 Å². The average Bonchev–Trinajstić information content (AvgIpc) is 2.55. The van der Waals surface area contributed by atoms with E-state index in [9.17, 15) is 14.3 Å². The number of nitrogens with zero attached hydrogens (tertiary/aromatic N) is 2. The van der Waals surface area contributed by atoms with Gasteiger partial charge in [0.05, 0.1) is 11.4 Å². The van der Waals surface area contributed by atoms with Gasteiger partial charge in [0.15, 0.2) is 5.82 Å². The molecule has 0 amide bonds. The Morgan fingerprint density at radius 2 is 1.61 bits per heavy atom. The first-order valence-corrected chi connectivity index (χ1v) is 6.99. The largest absolute Gasteiger partial charge is 0.478 e. The third-order valence-electron chi connectivity index (χ3n) is 3.45. The van der Waals surface area contributed by atoms with Crippen molar-refractivity contribution in [2.24, 2.45) is 0 Å². The molecule has 0 aliphatic heterocycles. The first kappa shape index (κ1) is 14.8. The number of rotatable bonds is 3. The first-order valence-electron chi connectivity index (χ1n) is 6.99. The van der Waals surface area contributed by atoms with E-state index in [1.165, 1.54) is 24.3 Å². The summed E-state index contributed by atoms with van der Waals surface area (Å²) in [7, 11) is 0. The second-order valence-corrected chi connectivity index (χ2v) is 5.03. The summed E-state index contributed by atoms with van der Waals surface area (Å²) in [5.41, 5.74) is 1.99. The summed E-state index contributed by atoms with van der Waals surface area (Å²) in [6.45, 7) is 1.63. The van der Waals surface area contributed by atoms with Crippen LogP contribution in [0.25, 0.3) is 22.6 Å². The fourth-order valence-electron chi connectivity index (χ4n) is 2.36. The number of halogens is 1. The SMILES string of the molecule is Cc1nc(-c2ccccc2)nc(-c2ccc(F)cc2)c1C(=O)O. The van der Waals surface area contributed by atoms with Crippen molar-refractivity contribution in [2.75, 3.05) is 0 Å². The molecule has 0 fully saturated rings. The fraction of sp³-hybridized carbons (Fsp3) is 0.0556. The van der Waals surface area contributed by atoms with Crippen LogP contribution in [0.15, 0.2) is 54.6 Å². The zero-order valence-electron chi connectivity index (χ0n) is 12.3. The number of aryl methyl sites for hydroxylation is 1. The molecule has 1 heterocycles. The van der Waals surface area contributed by atoms with Crippen LogP contribution in [0.2, 0.25) is 0 Å². The second-order valence-electron chi connectivity index (χ2n) is 5.03. The van der Waals surface area contributed by atoms with Gasteiger partial charge < -0.3 is 5.11 Å². The minimum absolute atomic E-state index is 0.0243. The smallest absolute Gasteiger partial charge is 0.339 e. The molecule has 5 heteroatoms. The number of hydrogen-bond donors (Lipinski definition) is 1. The Bertz CT molecular complexity index is 862. The maximum absolute atomic E-state index is 13.1. The molecule has 2 aromatic carbocycles. The van der Waals surface area contributed by atoms with Crippen LogP contribution < -0.4 is 0 Å². The van der Waals surface area contributed by atoms with Crippen LogP contribution in [0, 0.1) is 12.7 Å². The van der Waals surface area contributed by atoms with E-state index in [0.717, 1.165) is 5.56 Å². The molecular weight excluding hydrogens is 295 g/mol. The second kappa shape index (κ2) is 5.96. The Morgan fingerprint density at radius 3 is 2.22 bits per heavy atom. The number of benzene rings is 2. The zero-order chi connectivity index (χ0) is 16.4. The Morgan fingerprint density at radius 1 is 0.957 bits per heavy atom. The minimum atomic E-state index is -1.11. The predicted octanol–water partition coefficient (Wildman–Crippen LogP) is 3.96. The molecule has 0 unspecified atom stereocenters. The van der Waals surface area contributed by atoms with E-state index in [1.807, 2.05) is 30.3 Å². The van der Waals surface area contributed by atoms with Crippen LogP contribution in [0.4, 0.5) is 4.39 Å². The van der Waals surface area contributed by atoms with Crippen LogP contribution in [0.3, 0.4) is 0 Å². The lowest BCUT2D eigenvalue weighted by atomic mass is 10.0. The number of carbonyl (C=O) groups is 1. The van der Waals surface area contributed by atoms with Crippen molar-refractivity contribution in [3.63, 3.8) is 0 Å². The number of carboxylic acid groups (broad SMARTS) is 1. The van der Waals surface area contributed by atoms with E-state index in [0.29, 0.717) is 17.1 Å². The molecule has 114 valence electrons. The van der Waals surface area contributed by atoms with Crippen molar-refractivity contribution in [3.05, 3.63) is 71.7 Å². The normalized spacial score (nSPS) is 10.5. The molecule has 0 bridgehead atoms. The highest BCUT2D eigenvalue weighted by molar-refractivity contribution is 5.96. The average molecular weight is 308 g/mol. The minimum Gasteiger partial charge on any atom is -0.478 e. The summed E-state index contributed by atoms with van der Waals surface area (Å²) < 4.78 is 13.1. The van der Waals surface area contributed by atoms with Gasteiger partial charge in [-0.3, -0.25) is 0 Å². The van der Waals surface area contributed by atoms with Crippen molar-refractivity contribution in [3.8, 4) is 22.6 Å². The molecule has 0 saturated carbocycles. The van der Waals surface area contributed by atoms with E-state index >= 15 is 0 Å². The maximum atomic E-state index is 13.1. The van der Waals surface area contributed by atoms with Crippen molar-refractivity contribution in [2.45, 2.75) is 6.92 Å². The molecule has 0 saturated heterocycles. The van der Waals surface area contributed by atoms with Gasteiger partial charge in [0.1, 0.15) is 11.4 Å². The predicted molar refractivity (Wildman–Crippen MR) is 84.6 cm³/mol. The number of aromatic carboxylic acids is 1. The Labute approximate surface area is 132 Å². The molecule has 0 atom stereocenters. The summed E-state index contributed by atoms with van der Waals surface area (Å²) in [5, 5.41) is 9.47. The lowest BCUT2D eigenvalue weighted by Gasteiger charge is -2.11. The highest BCUT2D eigenvalue weighted by Gasteiger charge is 2.19. The fourth-order valence-corrected chi connectivity index (χ4v) is 2.36. The summed E-state index contributed by atoms with van der Waals surface area (Å²) in [4.78, 5) is 20.3. The van der Waals surface area contributed by atoms with Crippen molar-refractivity contribution in [1.29, 1.82) is 0 Å². The van der Waals surface area contributed by atoms with Crippen molar-refractivity contribution in [1.82, 2.24) is 9.97 Å². The molecule has 4 nitrogen and oxygen atoms in total. The quantitative estimate of drug-likeness (QED) is 0.795. The molecule has 23 heavy (non-hydrogen) atoms. The van der Waals surface area contributed by atoms with Crippen LogP contribution in [-0.4, -0.2) is 21.0 Å². The van der Waals surface area contributed by atoms with Gasteiger partial charge in [-0.1, -0.05) is 30.3 Å². The van der Waals surface area contributed by atoms with E-state index < -0.39 is 5.97 Å². The Hall–Kier alpha value is -3.08. The molecule has 3 aromatic rings. The molecule has 0 radical (unpaired) electrons. The zero-order valence-corrected chi connectivity index (χ0v) is 12.3. The van der Waals surface area contributed by atoms with E-state index in [2.05, 4.69) is 9.97 Å². The van der Waals surface area contributed by atoms with Gasteiger partial charge in [0.2, 0.25) is 0 Å². The van der Waals surface area contributed by atoms with Crippen molar-refractivity contribution >= 4 is 5.97 Å². The standard InChI is InChI=1S/C18H13FN2O2/c1-11-15(18(22)23)16(12-7-9-14(19)10-8-12)21-17(20-11)13-5-3-2-4-6-13/h2-10H,1H3,(H,22,23). The maximum Gasteiger partial charge on any atom is 0.339 e. The van der Waals surface area contributed by atoms with Crippen LogP contribution in [-0.2, 0) is 0 Å². The van der Waals surface area contributed by atoms with Gasteiger partial charge in [-0.15, -0.1) is 0 Å². The number of carboxylic acids is 1. The van der Waals surface area contributed by atoms with Crippen LogP contribution in [0.5, 0.6) is 0 Å². The molecule has 3 rings (SSSR count). The topological polar surface area (TPSA) is 63.1 Å². The lowest BCUT2D eigenvalue weighted by Crippen LogP contribution is -2.08. The summed E-state index contributed by atoms with van der Waals surface area (Å²) in [6.07, 6.45) is 0. The molecule has 0 spiro atoms.